The van der Waals surface area contributed by atoms with Crippen LogP contribution in [0.1, 0.15) is 19.5 Å². The van der Waals surface area contributed by atoms with Crippen molar-refractivity contribution in [3.05, 3.63) is 42.2 Å². The molecule has 1 aromatic heterocycles. The second kappa shape index (κ2) is 7.09. The van der Waals surface area contributed by atoms with E-state index < -0.39 is 0 Å². The number of benzene rings is 1. The molecule has 0 saturated heterocycles. The number of nitrogens with zero attached hydrogens (tertiary/aromatic N) is 3. The first kappa shape index (κ1) is 14.6. The van der Waals surface area contributed by atoms with Crippen molar-refractivity contribution in [3.8, 4) is 5.69 Å². The van der Waals surface area contributed by atoms with Crippen molar-refractivity contribution in [1.82, 2.24) is 15.0 Å². The minimum atomic E-state index is -0.194. The Morgan fingerprint density at radius 1 is 1.35 bits per heavy atom. The number of para-hydroxylation sites is 1. The van der Waals surface area contributed by atoms with Crippen molar-refractivity contribution in [2.24, 2.45) is 0 Å². The molecule has 6 heteroatoms. The highest BCUT2D eigenvalue weighted by Crippen LogP contribution is 2.11. The standard InChI is InChI=1S/C14H17N3O2S/c1-11(2)19-14(18)10-20-9-12-8-15-17(16-12)13-6-4-3-5-7-13/h3-8,11H,9-10H2,1-2H3. The number of rotatable bonds is 6. The third-order valence-electron chi connectivity index (χ3n) is 2.36. The minimum Gasteiger partial charge on any atom is -0.462 e. The highest BCUT2D eigenvalue weighted by molar-refractivity contribution is 7.99. The summed E-state index contributed by atoms with van der Waals surface area (Å²) in [5, 5.41) is 8.58. The summed E-state index contributed by atoms with van der Waals surface area (Å²) in [5.74, 6) is 0.775. The number of esters is 1. The van der Waals surface area contributed by atoms with Gasteiger partial charge in [0.2, 0.25) is 0 Å². The third kappa shape index (κ3) is 4.38. The maximum absolute atomic E-state index is 11.4. The molecule has 20 heavy (non-hydrogen) atoms. The summed E-state index contributed by atoms with van der Waals surface area (Å²) in [5.41, 5.74) is 1.76. The molecule has 1 heterocycles. The van der Waals surface area contributed by atoms with Gasteiger partial charge in [0.1, 0.15) is 0 Å². The van der Waals surface area contributed by atoms with Gasteiger partial charge in [-0.25, -0.2) is 0 Å². The molecule has 0 saturated carbocycles. The highest BCUT2D eigenvalue weighted by atomic mass is 32.2. The van der Waals surface area contributed by atoms with E-state index in [0.717, 1.165) is 11.4 Å². The zero-order valence-electron chi connectivity index (χ0n) is 11.5. The molecule has 0 aliphatic rings. The van der Waals surface area contributed by atoms with Gasteiger partial charge < -0.3 is 4.74 Å². The molecule has 0 amide bonds. The Kier molecular flexibility index (Phi) is 5.17. The molecule has 2 rings (SSSR count). The van der Waals surface area contributed by atoms with Crippen molar-refractivity contribution >= 4 is 17.7 Å². The molecular formula is C14H17N3O2S. The Labute approximate surface area is 122 Å². The maximum Gasteiger partial charge on any atom is 0.316 e. The van der Waals surface area contributed by atoms with E-state index in [-0.39, 0.29) is 12.1 Å². The van der Waals surface area contributed by atoms with Gasteiger partial charge in [0.05, 0.1) is 29.4 Å². The molecule has 0 N–H and O–H groups in total. The second-order valence-corrected chi connectivity index (χ2v) is 5.48. The molecule has 0 atom stereocenters. The molecule has 0 bridgehead atoms. The number of hydrogen-bond acceptors (Lipinski definition) is 5. The lowest BCUT2D eigenvalue weighted by atomic mass is 10.3. The van der Waals surface area contributed by atoms with Gasteiger partial charge >= 0.3 is 5.97 Å². The summed E-state index contributed by atoms with van der Waals surface area (Å²) in [6.45, 7) is 3.68. The normalized spacial score (nSPS) is 10.8. The van der Waals surface area contributed by atoms with E-state index in [0.29, 0.717) is 11.5 Å². The Balaban J connectivity index is 1.83. The van der Waals surface area contributed by atoms with Gasteiger partial charge in [-0.1, -0.05) is 18.2 Å². The van der Waals surface area contributed by atoms with Crippen LogP contribution in [0.15, 0.2) is 36.5 Å². The average molecular weight is 291 g/mol. The van der Waals surface area contributed by atoms with Crippen LogP contribution in [0, 0.1) is 0 Å². The summed E-state index contributed by atoms with van der Waals surface area (Å²) < 4.78 is 5.06. The smallest absolute Gasteiger partial charge is 0.316 e. The first-order valence-electron chi connectivity index (χ1n) is 6.39. The van der Waals surface area contributed by atoms with Crippen LogP contribution < -0.4 is 0 Å². The van der Waals surface area contributed by atoms with Crippen molar-refractivity contribution in [3.63, 3.8) is 0 Å². The molecule has 0 aliphatic carbocycles. The number of carbonyl (C=O) groups is 1. The van der Waals surface area contributed by atoms with Gasteiger partial charge in [0.15, 0.2) is 0 Å². The number of thioether (sulfide) groups is 1. The zero-order valence-corrected chi connectivity index (χ0v) is 12.3. The molecule has 0 spiro atoms. The van der Waals surface area contributed by atoms with E-state index in [1.807, 2.05) is 44.2 Å². The van der Waals surface area contributed by atoms with Crippen LogP contribution in [0.5, 0.6) is 0 Å². The molecule has 5 nitrogen and oxygen atoms in total. The fourth-order valence-electron chi connectivity index (χ4n) is 1.58. The SMILES string of the molecule is CC(C)OC(=O)CSCc1cnn(-c2ccccc2)n1. The molecule has 0 unspecified atom stereocenters. The number of ether oxygens (including phenoxy) is 1. The summed E-state index contributed by atoms with van der Waals surface area (Å²) in [7, 11) is 0. The van der Waals surface area contributed by atoms with Gasteiger partial charge in [0.25, 0.3) is 0 Å². The lowest BCUT2D eigenvalue weighted by molar-refractivity contribution is -0.144. The van der Waals surface area contributed by atoms with Crippen molar-refractivity contribution in [1.29, 1.82) is 0 Å². The van der Waals surface area contributed by atoms with Crippen LogP contribution in [0.3, 0.4) is 0 Å². The quantitative estimate of drug-likeness (QED) is 0.765. The highest BCUT2D eigenvalue weighted by Gasteiger charge is 2.07. The third-order valence-corrected chi connectivity index (χ3v) is 3.30. The van der Waals surface area contributed by atoms with Gasteiger partial charge in [-0.3, -0.25) is 4.79 Å². The van der Waals surface area contributed by atoms with Crippen LogP contribution in [0.25, 0.3) is 5.69 Å². The average Bonchev–Trinajstić information content (AvgIpc) is 2.88. The summed E-state index contributed by atoms with van der Waals surface area (Å²) in [4.78, 5) is 13.0. The summed E-state index contributed by atoms with van der Waals surface area (Å²) >= 11 is 1.47. The largest absolute Gasteiger partial charge is 0.462 e. The number of carbonyl (C=O) groups excluding carboxylic acids is 1. The zero-order chi connectivity index (χ0) is 14.4. The molecule has 0 radical (unpaired) electrons. The number of aromatic nitrogens is 3. The van der Waals surface area contributed by atoms with Crippen LogP contribution in [0.2, 0.25) is 0 Å². The maximum atomic E-state index is 11.4. The molecule has 0 aliphatic heterocycles. The molecule has 2 aromatic rings. The van der Waals surface area contributed by atoms with Crippen LogP contribution in [-0.4, -0.2) is 32.8 Å². The Hall–Kier alpha value is -1.82. The monoisotopic (exact) mass is 291 g/mol. The van der Waals surface area contributed by atoms with Gasteiger partial charge in [-0.05, 0) is 26.0 Å². The molecular weight excluding hydrogens is 274 g/mol. The van der Waals surface area contributed by atoms with Gasteiger partial charge in [0, 0.05) is 5.75 Å². The Morgan fingerprint density at radius 3 is 2.80 bits per heavy atom. The van der Waals surface area contributed by atoms with E-state index in [1.165, 1.54) is 11.8 Å². The lowest BCUT2D eigenvalue weighted by Gasteiger charge is -2.06. The molecule has 1 aromatic carbocycles. The first-order valence-corrected chi connectivity index (χ1v) is 7.54. The van der Waals surface area contributed by atoms with E-state index in [1.54, 1.807) is 11.0 Å². The summed E-state index contributed by atoms with van der Waals surface area (Å²) in [6.07, 6.45) is 1.65. The minimum absolute atomic E-state index is 0.0675. The second-order valence-electron chi connectivity index (χ2n) is 4.49. The molecule has 106 valence electrons. The molecule has 0 fully saturated rings. The van der Waals surface area contributed by atoms with Crippen molar-refractivity contribution in [2.45, 2.75) is 25.7 Å². The van der Waals surface area contributed by atoms with Crippen molar-refractivity contribution < 1.29 is 9.53 Å². The van der Waals surface area contributed by atoms with E-state index in [2.05, 4.69) is 10.2 Å². The Bertz CT molecular complexity index is 555. The van der Waals surface area contributed by atoms with E-state index in [9.17, 15) is 4.79 Å². The predicted molar refractivity (Wildman–Crippen MR) is 78.7 cm³/mol. The topological polar surface area (TPSA) is 57.0 Å². The Morgan fingerprint density at radius 2 is 2.10 bits per heavy atom. The van der Waals surface area contributed by atoms with Gasteiger partial charge in [-0.2, -0.15) is 15.0 Å². The van der Waals surface area contributed by atoms with Crippen LogP contribution in [-0.2, 0) is 15.3 Å². The van der Waals surface area contributed by atoms with E-state index >= 15 is 0 Å². The van der Waals surface area contributed by atoms with Gasteiger partial charge in [-0.15, -0.1) is 11.8 Å². The van der Waals surface area contributed by atoms with Crippen LogP contribution >= 0.6 is 11.8 Å². The van der Waals surface area contributed by atoms with Crippen molar-refractivity contribution in [2.75, 3.05) is 5.75 Å². The first-order chi connectivity index (χ1) is 9.65. The predicted octanol–water partition coefficient (Wildman–Crippen LogP) is 2.45. The fraction of sp³-hybridized carbons (Fsp3) is 0.357. The van der Waals surface area contributed by atoms with Crippen LogP contribution in [0.4, 0.5) is 0 Å². The lowest BCUT2D eigenvalue weighted by Crippen LogP contribution is -2.13. The summed E-state index contributed by atoms with van der Waals surface area (Å²) in [6, 6.07) is 9.71. The fourth-order valence-corrected chi connectivity index (χ4v) is 2.26. The number of hydrogen-bond donors (Lipinski definition) is 0. The van der Waals surface area contributed by atoms with E-state index in [4.69, 9.17) is 4.74 Å².